The van der Waals surface area contributed by atoms with Gasteiger partial charge in [-0.25, -0.2) is 4.98 Å². The zero-order valence-electron chi connectivity index (χ0n) is 13.9. The Kier molecular flexibility index (Phi) is 3.62. The van der Waals surface area contributed by atoms with Crippen molar-refractivity contribution in [3.05, 3.63) is 23.7 Å². The molecule has 0 aromatic carbocycles. The number of nitrogens with one attached hydrogen (secondary N) is 2. The van der Waals surface area contributed by atoms with Gasteiger partial charge >= 0.3 is 6.18 Å². The van der Waals surface area contributed by atoms with Crippen molar-refractivity contribution in [2.75, 3.05) is 17.7 Å². The first-order valence-corrected chi connectivity index (χ1v) is 8.35. The number of nitrogens with zero attached hydrogens (tertiary/aromatic N) is 4. The van der Waals surface area contributed by atoms with E-state index in [1.165, 1.54) is 7.05 Å². The molecule has 2 heterocycles. The summed E-state index contributed by atoms with van der Waals surface area (Å²) in [6.07, 6.45) is 1.49. The summed E-state index contributed by atoms with van der Waals surface area (Å²) in [5.74, 6) is 0.901. The second-order valence-electron chi connectivity index (χ2n) is 6.79. The van der Waals surface area contributed by atoms with Crippen molar-refractivity contribution in [2.24, 2.45) is 5.92 Å². The molecule has 0 amide bonds. The minimum absolute atomic E-state index is 0.127. The number of rotatable bonds is 5. The normalized spacial score (nSPS) is 22.8. The minimum atomic E-state index is -4.50. The molecular formula is C16H19F3N6. The Bertz CT molecular complexity index is 796. The Morgan fingerprint density at radius 3 is 2.56 bits per heavy atom. The summed E-state index contributed by atoms with van der Waals surface area (Å²) in [6.45, 7) is 2.18. The third-order valence-electron chi connectivity index (χ3n) is 4.71. The molecule has 0 radical (unpaired) electrons. The van der Waals surface area contributed by atoms with Crippen molar-refractivity contribution >= 4 is 17.5 Å². The maximum atomic E-state index is 13.0. The van der Waals surface area contributed by atoms with Gasteiger partial charge in [-0.15, -0.1) is 0 Å². The molecule has 2 saturated carbocycles. The van der Waals surface area contributed by atoms with Gasteiger partial charge in [-0.3, -0.25) is 4.68 Å². The van der Waals surface area contributed by atoms with Crippen molar-refractivity contribution < 1.29 is 13.2 Å². The van der Waals surface area contributed by atoms with Gasteiger partial charge in [-0.05, 0) is 25.2 Å². The van der Waals surface area contributed by atoms with Crippen LogP contribution in [0, 0.1) is 5.92 Å². The number of halogens is 3. The lowest BCUT2D eigenvalue weighted by atomic mass is 10.2. The predicted molar refractivity (Wildman–Crippen MR) is 86.9 cm³/mol. The van der Waals surface area contributed by atoms with Gasteiger partial charge in [0.05, 0.1) is 17.4 Å². The Hall–Kier alpha value is -2.32. The zero-order chi connectivity index (χ0) is 17.8. The van der Waals surface area contributed by atoms with Crippen LogP contribution >= 0.6 is 0 Å². The lowest BCUT2D eigenvalue weighted by Crippen LogP contribution is -2.12. The first-order valence-electron chi connectivity index (χ1n) is 8.35. The fourth-order valence-electron chi connectivity index (χ4n) is 2.96. The van der Waals surface area contributed by atoms with E-state index in [1.54, 1.807) is 0 Å². The van der Waals surface area contributed by atoms with E-state index in [-0.39, 0.29) is 11.8 Å². The van der Waals surface area contributed by atoms with Crippen molar-refractivity contribution in [3.8, 4) is 0 Å². The fourth-order valence-corrected chi connectivity index (χ4v) is 2.96. The number of hydrogen-bond acceptors (Lipinski definition) is 5. The minimum Gasteiger partial charge on any atom is -0.372 e. The van der Waals surface area contributed by atoms with Crippen LogP contribution in [0.5, 0.6) is 0 Å². The Morgan fingerprint density at radius 1 is 1.28 bits per heavy atom. The molecule has 134 valence electrons. The van der Waals surface area contributed by atoms with E-state index >= 15 is 0 Å². The molecule has 2 N–H and O–H groups in total. The van der Waals surface area contributed by atoms with E-state index < -0.39 is 11.7 Å². The second kappa shape index (κ2) is 5.60. The number of alkyl halides is 3. The maximum Gasteiger partial charge on any atom is 0.421 e. The molecule has 0 spiro atoms. The Labute approximate surface area is 142 Å². The van der Waals surface area contributed by atoms with Gasteiger partial charge in [0.2, 0.25) is 5.95 Å². The number of aromatic nitrogens is 4. The summed E-state index contributed by atoms with van der Waals surface area (Å²) >= 11 is 0. The summed E-state index contributed by atoms with van der Waals surface area (Å²) in [6, 6.07) is 0.412. The van der Waals surface area contributed by atoms with Gasteiger partial charge in [0, 0.05) is 25.4 Å². The largest absolute Gasteiger partial charge is 0.421 e. The van der Waals surface area contributed by atoms with Crippen LogP contribution in [-0.4, -0.2) is 26.8 Å². The van der Waals surface area contributed by atoms with Crippen LogP contribution in [0.1, 0.15) is 49.4 Å². The molecule has 2 fully saturated rings. The van der Waals surface area contributed by atoms with Crippen molar-refractivity contribution in [1.29, 1.82) is 0 Å². The van der Waals surface area contributed by atoms with Crippen molar-refractivity contribution in [1.82, 2.24) is 19.7 Å². The average molecular weight is 352 g/mol. The van der Waals surface area contributed by atoms with Crippen molar-refractivity contribution in [3.63, 3.8) is 0 Å². The number of hydrogen-bond donors (Lipinski definition) is 2. The highest BCUT2D eigenvalue weighted by atomic mass is 19.4. The molecular weight excluding hydrogens is 333 g/mol. The van der Waals surface area contributed by atoms with Crippen LogP contribution in [0.4, 0.5) is 30.6 Å². The summed E-state index contributed by atoms with van der Waals surface area (Å²) in [5.41, 5.74) is 0.850. The van der Waals surface area contributed by atoms with Crippen LogP contribution in [-0.2, 0) is 6.18 Å². The maximum absolute atomic E-state index is 13.0. The lowest BCUT2D eigenvalue weighted by molar-refractivity contribution is -0.137. The van der Waals surface area contributed by atoms with Gasteiger partial charge in [0.25, 0.3) is 0 Å². The van der Waals surface area contributed by atoms with Crippen molar-refractivity contribution in [2.45, 2.75) is 44.3 Å². The summed E-state index contributed by atoms with van der Waals surface area (Å²) < 4.78 is 40.8. The molecule has 2 aliphatic rings. The molecule has 0 saturated heterocycles. The quantitative estimate of drug-likeness (QED) is 0.853. The SMILES string of the molecule is CNc1nc(Nc2cn([C@@H]3C[C@H]3C)nc2C2CC2)ncc1C(F)(F)F. The van der Waals surface area contributed by atoms with Crippen LogP contribution < -0.4 is 10.6 Å². The zero-order valence-corrected chi connectivity index (χ0v) is 13.9. The molecule has 25 heavy (non-hydrogen) atoms. The second-order valence-corrected chi connectivity index (χ2v) is 6.79. The van der Waals surface area contributed by atoms with Gasteiger partial charge in [-0.2, -0.15) is 23.3 Å². The standard InChI is InChI=1S/C16H19F3N6/c1-8-5-12(8)25-7-11(13(24-25)9-3-4-9)22-15-21-6-10(16(17,18)19)14(20-2)23-15/h6-9,12H,3-5H2,1-2H3,(H2,20,21,22,23)/t8-,12-/m1/s1. The van der Waals surface area contributed by atoms with E-state index in [9.17, 15) is 13.2 Å². The van der Waals surface area contributed by atoms with E-state index in [4.69, 9.17) is 0 Å². The molecule has 9 heteroatoms. The monoisotopic (exact) mass is 352 g/mol. The molecule has 2 aromatic heterocycles. The highest BCUT2D eigenvalue weighted by Crippen LogP contribution is 2.47. The summed E-state index contributed by atoms with van der Waals surface area (Å²) in [7, 11) is 1.41. The van der Waals surface area contributed by atoms with Crippen LogP contribution in [0.2, 0.25) is 0 Å². The van der Waals surface area contributed by atoms with E-state index in [0.29, 0.717) is 17.9 Å². The van der Waals surface area contributed by atoms with Gasteiger partial charge in [0.15, 0.2) is 0 Å². The van der Waals surface area contributed by atoms with E-state index in [1.807, 2.05) is 10.9 Å². The molecule has 0 unspecified atom stereocenters. The molecule has 6 nitrogen and oxygen atoms in total. The highest BCUT2D eigenvalue weighted by molar-refractivity contribution is 5.59. The summed E-state index contributed by atoms with van der Waals surface area (Å²) in [5, 5.41) is 10.2. The summed E-state index contributed by atoms with van der Waals surface area (Å²) in [4.78, 5) is 7.80. The van der Waals surface area contributed by atoms with Gasteiger partial charge < -0.3 is 10.6 Å². The lowest BCUT2D eigenvalue weighted by Gasteiger charge is -2.12. The Morgan fingerprint density at radius 2 is 2.00 bits per heavy atom. The van der Waals surface area contributed by atoms with Gasteiger partial charge in [0.1, 0.15) is 11.4 Å². The third kappa shape index (κ3) is 3.14. The fraction of sp³-hybridized carbons (Fsp3) is 0.562. The third-order valence-corrected chi connectivity index (χ3v) is 4.71. The molecule has 4 rings (SSSR count). The Balaban J connectivity index is 1.63. The molecule has 0 aliphatic heterocycles. The predicted octanol–water partition coefficient (Wildman–Crippen LogP) is 3.94. The highest BCUT2D eigenvalue weighted by Gasteiger charge is 2.38. The van der Waals surface area contributed by atoms with E-state index in [0.717, 1.165) is 36.8 Å². The smallest absolute Gasteiger partial charge is 0.372 e. The van der Waals surface area contributed by atoms with E-state index in [2.05, 4.69) is 32.6 Å². The number of anilines is 3. The molecule has 2 aliphatic carbocycles. The first-order chi connectivity index (χ1) is 11.9. The average Bonchev–Trinajstić information content (AvgIpc) is 3.47. The van der Waals surface area contributed by atoms with Crippen LogP contribution in [0.3, 0.4) is 0 Å². The molecule has 2 atom stereocenters. The van der Waals surface area contributed by atoms with Crippen LogP contribution in [0.25, 0.3) is 0 Å². The molecule has 2 aromatic rings. The van der Waals surface area contributed by atoms with Gasteiger partial charge in [-0.1, -0.05) is 6.92 Å². The first kappa shape index (κ1) is 16.2. The molecule has 0 bridgehead atoms. The topological polar surface area (TPSA) is 67.7 Å². The van der Waals surface area contributed by atoms with Crippen LogP contribution in [0.15, 0.2) is 12.4 Å².